The van der Waals surface area contributed by atoms with Crippen LogP contribution in [0.4, 0.5) is 0 Å². The Morgan fingerprint density at radius 1 is 1.04 bits per heavy atom. The Labute approximate surface area is 159 Å². The van der Waals surface area contributed by atoms with E-state index in [1.165, 1.54) is 0 Å². The van der Waals surface area contributed by atoms with Crippen LogP contribution in [-0.4, -0.2) is 33.3 Å². The lowest BCUT2D eigenvalue weighted by Gasteiger charge is -2.11. The van der Waals surface area contributed by atoms with Crippen molar-refractivity contribution < 1.29 is 19.0 Å². The summed E-state index contributed by atoms with van der Waals surface area (Å²) >= 11 is 6.07. The Hall–Kier alpha value is -2.40. The Morgan fingerprint density at radius 2 is 1.81 bits per heavy atom. The van der Waals surface area contributed by atoms with Crippen molar-refractivity contribution >= 4 is 17.5 Å². The molecule has 0 unspecified atom stereocenters. The van der Waals surface area contributed by atoms with Crippen LogP contribution in [0, 0.1) is 6.92 Å². The monoisotopic (exact) mass is 377 g/mol. The van der Waals surface area contributed by atoms with Gasteiger partial charge in [0.15, 0.2) is 11.5 Å². The zero-order valence-electron chi connectivity index (χ0n) is 15.3. The maximum Gasteiger partial charge on any atom is 0.220 e. The summed E-state index contributed by atoms with van der Waals surface area (Å²) in [7, 11) is 3.19. The van der Waals surface area contributed by atoms with Gasteiger partial charge in [-0.1, -0.05) is 23.7 Å². The van der Waals surface area contributed by atoms with Crippen LogP contribution in [0.15, 0.2) is 36.4 Å². The first kappa shape index (κ1) is 19.9. The number of methoxy groups -OCH3 is 2. The van der Waals surface area contributed by atoms with E-state index in [9.17, 15) is 4.79 Å². The van der Waals surface area contributed by atoms with Crippen LogP contribution in [0.2, 0.25) is 5.02 Å². The molecule has 0 bridgehead atoms. The Bertz CT molecular complexity index is 749. The second kappa shape index (κ2) is 9.92. The number of rotatable bonds is 9. The molecule has 0 aliphatic carbocycles. The standard InChI is InChI=1S/C20H24ClNO4/c1-14-4-7-16(21)18(12-14)26-11-10-22-20(23)9-6-15-5-8-17(24-2)19(13-15)25-3/h4-5,7-8,12-13H,6,9-11H2,1-3H3,(H,22,23). The van der Waals surface area contributed by atoms with Gasteiger partial charge in [0, 0.05) is 6.42 Å². The maximum absolute atomic E-state index is 12.0. The molecule has 2 rings (SSSR count). The van der Waals surface area contributed by atoms with E-state index in [1.807, 2.05) is 37.3 Å². The summed E-state index contributed by atoms with van der Waals surface area (Å²) in [6, 6.07) is 11.2. The predicted octanol–water partition coefficient (Wildman–Crippen LogP) is 3.79. The van der Waals surface area contributed by atoms with Crippen molar-refractivity contribution in [3.63, 3.8) is 0 Å². The van der Waals surface area contributed by atoms with Crippen LogP contribution >= 0.6 is 11.6 Å². The number of carbonyl (C=O) groups excluding carboxylic acids is 1. The first-order valence-corrected chi connectivity index (χ1v) is 8.78. The van der Waals surface area contributed by atoms with Crippen molar-refractivity contribution in [2.24, 2.45) is 0 Å². The highest BCUT2D eigenvalue weighted by atomic mass is 35.5. The molecule has 1 N–H and O–H groups in total. The second-order valence-electron chi connectivity index (χ2n) is 5.82. The molecule has 0 saturated heterocycles. The smallest absolute Gasteiger partial charge is 0.220 e. The summed E-state index contributed by atoms with van der Waals surface area (Å²) in [6.07, 6.45) is 1.01. The highest BCUT2D eigenvalue weighted by molar-refractivity contribution is 6.32. The molecule has 6 heteroatoms. The summed E-state index contributed by atoms with van der Waals surface area (Å²) in [4.78, 5) is 12.0. The summed E-state index contributed by atoms with van der Waals surface area (Å²) in [6.45, 7) is 2.76. The minimum Gasteiger partial charge on any atom is -0.493 e. The van der Waals surface area contributed by atoms with Gasteiger partial charge in [-0.25, -0.2) is 0 Å². The largest absolute Gasteiger partial charge is 0.493 e. The van der Waals surface area contributed by atoms with E-state index in [0.29, 0.717) is 48.3 Å². The molecule has 2 aromatic carbocycles. The number of carbonyl (C=O) groups is 1. The van der Waals surface area contributed by atoms with E-state index < -0.39 is 0 Å². The van der Waals surface area contributed by atoms with Crippen LogP contribution in [0.3, 0.4) is 0 Å². The van der Waals surface area contributed by atoms with Crippen LogP contribution in [0.5, 0.6) is 17.2 Å². The topological polar surface area (TPSA) is 56.8 Å². The molecule has 0 spiro atoms. The first-order chi connectivity index (χ1) is 12.5. The molecule has 2 aromatic rings. The third-order valence-electron chi connectivity index (χ3n) is 3.86. The van der Waals surface area contributed by atoms with Crippen LogP contribution in [-0.2, 0) is 11.2 Å². The number of benzene rings is 2. The van der Waals surface area contributed by atoms with Crippen molar-refractivity contribution in [2.75, 3.05) is 27.4 Å². The summed E-state index contributed by atoms with van der Waals surface area (Å²) in [5, 5.41) is 3.41. The normalized spacial score (nSPS) is 10.3. The van der Waals surface area contributed by atoms with Gasteiger partial charge in [-0.3, -0.25) is 4.79 Å². The van der Waals surface area contributed by atoms with Crippen LogP contribution in [0.1, 0.15) is 17.5 Å². The van der Waals surface area contributed by atoms with Gasteiger partial charge in [-0.2, -0.15) is 0 Å². The molecule has 0 saturated carbocycles. The average molecular weight is 378 g/mol. The molecule has 0 aromatic heterocycles. The molecule has 0 fully saturated rings. The van der Waals surface area contributed by atoms with Gasteiger partial charge in [0.2, 0.25) is 5.91 Å². The third-order valence-corrected chi connectivity index (χ3v) is 4.17. The fourth-order valence-electron chi connectivity index (χ4n) is 2.46. The van der Waals surface area contributed by atoms with E-state index >= 15 is 0 Å². The molecule has 5 nitrogen and oxygen atoms in total. The highest BCUT2D eigenvalue weighted by Gasteiger charge is 2.07. The van der Waals surface area contributed by atoms with Crippen molar-refractivity contribution in [2.45, 2.75) is 19.8 Å². The van der Waals surface area contributed by atoms with E-state index in [2.05, 4.69) is 5.32 Å². The van der Waals surface area contributed by atoms with Gasteiger partial charge in [0.1, 0.15) is 12.4 Å². The molecular weight excluding hydrogens is 354 g/mol. The molecule has 0 heterocycles. The predicted molar refractivity (Wildman–Crippen MR) is 103 cm³/mol. The van der Waals surface area contributed by atoms with Gasteiger partial charge < -0.3 is 19.5 Å². The summed E-state index contributed by atoms with van der Waals surface area (Å²) in [5.41, 5.74) is 2.09. The van der Waals surface area contributed by atoms with Gasteiger partial charge in [0.25, 0.3) is 0 Å². The Kier molecular flexibility index (Phi) is 7.60. The number of hydrogen-bond acceptors (Lipinski definition) is 4. The van der Waals surface area contributed by atoms with E-state index in [1.54, 1.807) is 20.3 Å². The molecule has 0 aliphatic rings. The fraction of sp³-hybridized carbons (Fsp3) is 0.350. The number of amides is 1. The van der Waals surface area contributed by atoms with Crippen molar-refractivity contribution in [1.29, 1.82) is 0 Å². The molecule has 0 aliphatic heterocycles. The van der Waals surface area contributed by atoms with E-state index in [-0.39, 0.29) is 5.91 Å². The zero-order valence-corrected chi connectivity index (χ0v) is 16.1. The molecule has 0 atom stereocenters. The number of hydrogen-bond donors (Lipinski definition) is 1. The molecule has 0 radical (unpaired) electrons. The summed E-state index contributed by atoms with van der Waals surface area (Å²) < 4.78 is 16.1. The number of halogens is 1. The fourth-order valence-corrected chi connectivity index (χ4v) is 2.63. The van der Waals surface area contributed by atoms with Gasteiger partial charge >= 0.3 is 0 Å². The lowest BCUT2D eigenvalue weighted by atomic mass is 10.1. The Morgan fingerprint density at radius 3 is 2.54 bits per heavy atom. The third kappa shape index (κ3) is 5.85. The van der Waals surface area contributed by atoms with E-state index in [4.69, 9.17) is 25.8 Å². The van der Waals surface area contributed by atoms with Crippen LogP contribution in [0.25, 0.3) is 0 Å². The minimum absolute atomic E-state index is 0.0290. The number of ether oxygens (including phenoxy) is 3. The molecule has 26 heavy (non-hydrogen) atoms. The SMILES string of the molecule is COc1ccc(CCC(=O)NCCOc2cc(C)ccc2Cl)cc1OC. The highest BCUT2D eigenvalue weighted by Crippen LogP contribution is 2.28. The number of aryl methyl sites for hydroxylation is 2. The quantitative estimate of drug-likeness (QED) is 0.675. The van der Waals surface area contributed by atoms with Crippen molar-refractivity contribution in [3.8, 4) is 17.2 Å². The Balaban J connectivity index is 1.73. The molecular formula is C20H24ClNO4. The molecule has 1 amide bonds. The average Bonchev–Trinajstić information content (AvgIpc) is 2.65. The lowest BCUT2D eigenvalue weighted by molar-refractivity contribution is -0.121. The lowest BCUT2D eigenvalue weighted by Crippen LogP contribution is -2.28. The van der Waals surface area contributed by atoms with Gasteiger partial charge in [-0.15, -0.1) is 0 Å². The maximum atomic E-state index is 12.0. The van der Waals surface area contributed by atoms with Crippen LogP contribution < -0.4 is 19.5 Å². The minimum atomic E-state index is -0.0290. The van der Waals surface area contributed by atoms with Gasteiger partial charge in [0.05, 0.1) is 25.8 Å². The number of nitrogens with one attached hydrogen (secondary N) is 1. The van der Waals surface area contributed by atoms with Crippen molar-refractivity contribution in [1.82, 2.24) is 5.32 Å². The second-order valence-corrected chi connectivity index (χ2v) is 6.23. The zero-order chi connectivity index (χ0) is 18.9. The molecule has 140 valence electrons. The first-order valence-electron chi connectivity index (χ1n) is 8.40. The van der Waals surface area contributed by atoms with Gasteiger partial charge in [-0.05, 0) is 48.7 Å². The van der Waals surface area contributed by atoms with E-state index in [0.717, 1.165) is 11.1 Å². The van der Waals surface area contributed by atoms with Crippen molar-refractivity contribution in [3.05, 3.63) is 52.5 Å². The summed E-state index contributed by atoms with van der Waals surface area (Å²) in [5.74, 6) is 1.94.